The summed E-state index contributed by atoms with van der Waals surface area (Å²) in [7, 11) is 1.34. The zero-order chi connectivity index (χ0) is 19.6. The van der Waals surface area contributed by atoms with Gasteiger partial charge in [0.25, 0.3) is 5.91 Å². The second-order valence-electron chi connectivity index (χ2n) is 6.85. The Morgan fingerprint density at radius 3 is 2.67 bits per heavy atom. The molecule has 0 aliphatic carbocycles. The molecule has 0 saturated carbocycles. The van der Waals surface area contributed by atoms with Crippen molar-refractivity contribution in [2.75, 3.05) is 31.8 Å². The van der Waals surface area contributed by atoms with Crippen molar-refractivity contribution in [2.45, 2.75) is 58.1 Å². The maximum absolute atomic E-state index is 13.3. The minimum absolute atomic E-state index is 0.0642. The van der Waals surface area contributed by atoms with Gasteiger partial charge in [-0.2, -0.15) is 0 Å². The molecule has 2 rings (SSSR count). The third kappa shape index (κ3) is 5.78. The number of carbonyl (C=O) groups is 2. The Labute approximate surface area is 161 Å². The Morgan fingerprint density at radius 1 is 1.22 bits per heavy atom. The topological polar surface area (TPSA) is 65.1 Å². The van der Waals surface area contributed by atoms with Gasteiger partial charge in [-0.05, 0) is 25.5 Å². The van der Waals surface area contributed by atoms with Gasteiger partial charge in [0.2, 0.25) is 0 Å². The molecule has 0 spiro atoms. The van der Waals surface area contributed by atoms with Crippen molar-refractivity contribution >= 4 is 17.6 Å². The van der Waals surface area contributed by atoms with Gasteiger partial charge in [-0.15, -0.1) is 0 Å². The number of anilines is 1. The van der Waals surface area contributed by atoms with Crippen LogP contribution < -0.4 is 4.90 Å². The number of hydrogen-bond acceptors (Lipinski definition) is 5. The quantitative estimate of drug-likeness (QED) is 0.486. The first-order chi connectivity index (χ1) is 13.1. The number of esters is 1. The average Bonchev–Trinajstić information content (AvgIpc) is 2.71. The highest BCUT2D eigenvalue weighted by Gasteiger charge is 2.33. The highest BCUT2D eigenvalue weighted by Crippen LogP contribution is 2.27. The molecule has 1 aromatic carbocycles. The number of rotatable bonds is 9. The van der Waals surface area contributed by atoms with E-state index >= 15 is 0 Å². The molecule has 1 aliphatic rings. The largest absolute Gasteiger partial charge is 0.465 e. The zero-order valence-corrected chi connectivity index (χ0v) is 16.6. The van der Waals surface area contributed by atoms with Gasteiger partial charge in [0.15, 0.2) is 6.10 Å². The van der Waals surface area contributed by atoms with Gasteiger partial charge in [0.05, 0.1) is 38.2 Å². The molecule has 1 saturated heterocycles. The predicted octanol–water partition coefficient (Wildman–Crippen LogP) is 3.58. The van der Waals surface area contributed by atoms with Crippen molar-refractivity contribution in [3.63, 3.8) is 0 Å². The highest BCUT2D eigenvalue weighted by atomic mass is 16.6. The molecule has 1 aromatic rings. The first-order valence-corrected chi connectivity index (χ1v) is 9.79. The minimum Gasteiger partial charge on any atom is -0.465 e. The van der Waals surface area contributed by atoms with Crippen LogP contribution in [0.1, 0.15) is 56.3 Å². The number of carbonyl (C=O) groups excluding carboxylic acids is 2. The van der Waals surface area contributed by atoms with E-state index in [0.717, 1.165) is 25.7 Å². The molecule has 1 amide bonds. The molecule has 27 heavy (non-hydrogen) atoms. The normalized spacial score (nSPS) is 18.0. The minimum atomic E-state index is -0.650. The van der Waals surface area contributed by atoms with E-state index in [9.17, 15) is 9.59 Å². The summed E-state index contributed by atoms with van der Waals surface area (Å²) in [5, 5.41) is 0. The maximum atomic E-state index is 13.3. The third-order valence-electron chi connectivity index (χ3n) is 4.81. The number of methoxy groups -OCH3 is 1. The third-order valence-corrected chi connectivity index (χ3v) is 4.81. The van der Waals surface area contributed by atoms with Crippen LogP contribution in [0, 0.1) is 0 Å². The van der Waals surface area contributed by atoms with Crippen LogP contribution in [-0.2, 0) is 19.0 Å². The van der Waals surface area contributed by atoms with Crippen molar-refractivity contribution in [3.8, 4) is 0 Å². The molecule has 1 aliphatic heterocycles. The fraction of sp³-hybridized carbons (Fsp3) is 0.619. The molecule has 0 N–H and O–H groups in total. The molecule has 0 bridgehead atoms. The summed E-state index contributed by atoms with van der Waals surface area (Å²) in [6.07, 6.45) is 4.71. The molecule has 0 aromatic heterocycles. The van der Waals surface area contributed by atoms with Crippen molar-refractivity contribution in [2.24, 2.45) is 0 Å². The summed E-state index contributed by atoms with van der Waals surface area (Å²) < 4.78 is 16.0. The molecule has 1 heterocycles. The average molecular weight is 377 g/mol. The van der Waals surface area contributed by atoms with E-state index in [-0.39, 0.29) is 18.6 Å². The number of amides is 1. The van der Waals surface area contributed by atoms with Crippen LogP contribution in [0.3, 0.4) is 0 Å². The predicted molar refractivity (Wildman–Crippen MR) is 104 cm³/mol. The molecule has 1 fully saturated rings. The van der Waals surface area contributed by atoms with Gasteiger partial charge in [-0.1, -0.05) is 44.7 Å². The number of unbranched alkanes of at least 4 members (excludes halogenated alkanes) is 3. The lowest BCUT2D eigenvalue weighted by molar-refractivity contribution is -0.145. The van der Waals surface area contributed by atoms with Gasteiger partial charge >= 0.3 is 5.97 Å². The van der Waals surface area contributed by atoms with E-state index in [1.165, 1.54) is 13.5 Å². The smallest absolute Gasteiger partial charge is 0.339 e. The van der Waals surface area contributed by atoms with E-state index in [4.69, 9.17) is 14.2 Å². The Hall–Kier alpha value is -1.92. The standard InChI is InChI=1S/C21H31NO5/c1-4-5-6-7-10-16(2)22(20(23)19-15-26-13-14-27-19)18-12-9-8-11-17(18)21(24)25-3/h8-9,11-12,16,19H,4-7,10,13-15H2,1-3H3/t16-,19+/m0/s1. The number of nitrogens with zero attached hydrogens (tertiary/aromatic N) is 1. The fourth-order valence-corrected chi connectivity index (χ4v) is 3.32. The van der Waals surface area contributed by atoms with Crippen LogP contribution >= 0.6 is 0 Å². The van der Waals surface area contributed by atoms with Gasteiger partial charge in [0.1, 0.15) is 0 Å². The molecule has 0 unspecified atom stereocenters. The lowest BCUT2D eigenvalue weighted by atomic mass is 10.0. The van der Waals surface area contributed by atoms with E-state index < -0.39 is 12.1 Å². The van der Waals surface area contributed by atoms with Gasteiger partial charge in [-0.25, -0.2) is 4.79 Å². The molecule has 6 heteroatoms. The van der Waals surface area contributed by atoms with E-state index in [1.54, 1.807) is 23.1 Å². The van der Waals surface area contributed by atoms with Gasteiger partial charge in [-0.3, -0.25) is 4.79 Å². The summed E-state index contributed by atoms with van der Waals surface area (Å²) in [4.78, 5) is 27.2. The number of para-hydroxylation sites is 1. The van der Waals surface area contributed by atoms with Crippen LogP contribution in [0.15, 0.2) is 24.3 Å². The molecule has 6 nitrogen and oxygen atoms in total. The number of benzene rings is 1. The lowest BCUT2D eigenvalue weighted by Gasteiger charge is -2.34. The molecule has 2 atom stereocenters. The summed E-state index contributed by atoms with van der Waals surface area (Å²) in [5.74, 6) is -0.628. The maximum Gasteiger partial charge on any atom is 0.339 e. The summed E-state index contributed by atoms with van der Waals surface area (Å²) in [5.41, 5.74) is 0.942. The highest BCUT2D eigenvalue weighted by molar-refractivity contribution is 6.04. The monoisotopic (exact) mass is 377 g/mol. The number of hydrogen-bond donors (Lipinski definition) is 0. The van der Waals surface area contributed by atoms with Crippen molar-refractivity contribution in [1.29, 1.82) is 0 Å². The summed E-state index contributed by atoms with van der Waals surface area (Å²) in [6.45, 7) is 5.31. The zero-order valence-electron chi connectivity index (χ0n) is 16.6. The summed E-state index contributed by atoms with van der Waals surface area (Å²) in [6, 6.07) is 7.00. The Bertz CT molecular complexity index is 612. The Balaban J connectivity index is 2.29. The van der Waals surface area contributed by atoms with Crippen LogP contribution in [0.2, 0.25) is 0 Å². The first-order valence-electron chi connectivity index (χ1n) is 9.79. The van der Waals surface area contributed by atoms with Crippen LogP contribution in [0.5, 0.6) is 0 Å². The summed E-state index contributed by atoms with van der Waals surface area (Å²) >= 11 is 0. The van der Waals surface area contributed by atoms with Crippen LogP contribution in [-0.4, -0.2) is 51.0 Å². The second kappa shape index (κ2) is 11.0. The lowest BCUT2D eigenvalue weighted by Crippen LogP contribution is -2.49. The molecule has 0 radical (unpaired) electrons. The van der Waals surface area contributed by atoms with E-state index in [2.05, 4.69) is 6.92 Å². The van der Waals surface area contributed by atoms with Crippen molar-refractivity contribution < 1.29 is 23.8 Å². The SMILES string of the molecule is CCCCCC[C@H](C)N(C(=O)[C@H]1COCCO1)c1ccccc1C(=O)OC. The van der Waals surface area contributed by atoms with E-state index in [0.29, 0.717) is 24.5 Å². The van der Waals surface area contributed by atoms with Gasteiger partial charge < -0.3 is 19.1 Å². The number of ether oxygens (including phenoxy) is 3. The first kappa shape index (κ1) is 21.4. The van der Waals surface area contributed by atoms with Crippen molar-refractivity contribution in [3.05, 3.63) is 29.8 Å². The fourth-order valence-electron chi connectivity index (χ4n) is 3.32. The van der Waals surface area contributed by atoms with E-state index in [1.807, 2.05) is 13.0 Å². The van der Waals surface area contributed by atoms with Crippen LogP contribution in [0.25, 0.3) is 0 Å². The van der Waals surface area contributed by atoms with Gasteiger partial charge in [0, 0.05) is 6.04 Å². The molecular weight excluding hydrogens is 346 g/mol. The second-order valence-corrected chi connectivity index (χ2v) is 6.85. The molecule has 150 valence electrons. The van der Waals surface area contributed by atoms with Crippen molar-refractivity contribution in [1.82, 2.24) is 0 Å². The Morgan fingerprint density at radius 2 is 2.00 bits per heavy atom. The Kier molecular flexibility index (Phi) is 8.75. The van der Waals surface area contributed by atoms with Crippen LogP contribution in [0.4, 0.5) is 5.69 Å². The molecular formula is C21H31NO5.